The summed E-state index contributed by atoms with van der Waals surface area (Å²) in [4.78, 5) is 16.2. The molecular formula is C19H23BrN4O. The average Bonchev–Trinajstić information content (AvgIpc) is 2.54. The second-order valence-electron chi connectivity index (χ2n) is 5.95. The summed E-state index contributed by atoms with van der Waals surface area (Å²) < 4.78 is 0.924. The van der Waals surface area contributed by atoms with E-state index in [1.165, 1.54) is 11.1 Å². The predicted octanol–water partition coefficient (Wildman–Crippen LogP) is 4.13. The van der Waals surface area contributed by atoms with E-state index in [9.17, 15) is 4.79 Å². The summed E-state index contributed by atoms with van der Waals surface area (Å²) in [6.45, 7) is 6.37. The molecule has 0 aliphatic carbocycles. The number of rotatable bonds is 5. The topological polar surface area (TPSA) is 79.5 Å². The lowest BCUT2D eigenvalue weighted by Crippen LogP contribution is -2.23. The van der Waals surface area contributed by atoms with E-state index in [2.05, 4.69) is 38.5 Å². The van der Waals surface area contributed by atoms with Gasteiger partial charge in [0.25, 0.3) is 0 Å². The van der Waals surface area contributed by atoms with Gasteiger partial charge < -0.3 is 16.4 Å². The minimum absolute atomic E-state index is 0.0936. The molecule has 0 saturated carbocycles. The van der Waals surface area contributed by atoms with Crippen molar-refractivity contribution in [3.8, 4) is 0 Å². The Morgan fingerprint density at radius 2 is 1.76 bits per heavy atom. The van der Waals surface area contributed by atoms with Gasteiger partial charge in [-0.2, -0.15) is 0 Å². The molecule has 0 spiro atoms. The highest BCUT2D eigenvalue weighted by atomic mass is 79.9. The molecule has 0 bridgehead atoms. The summed E-state index contributed by atoms with van der Waals surface area (Å²) in [5, 5.41) is 5.93. The minimum Gasteiger partial charge on any atom is -0.370 e. The molecule has 0 heterocycles. The third-order valence-corrected chi connectivity index (χ3v) is 4.37. The Morgan fingerprint density at radius 1 is 1.04 bits per heavy atom. The third-order valence-electron chi connectivity index (χ3n) is 3.87. The molecule has 2 rings (SSSR count). The summed E-state index contributed by atoms with van der Waals surface area (Å²) in [6.07, 6.45) is 0.265. The van der Waals surface area contributed by atoms with Crippen LogP contribution in [0.25, 0.3) is 0 Å². The molecule has 0 atom stereocenters. The van der Waals surface area contributed by atoms with Gasteiger partial charge in [0, 0.05) is 22.3 Å². The first kappa shape index (κ1) is 19.0. The molecule has 0 unspecified atom stereocenters. The van der Waals surface area contributed by atoms with Crippen LogP contribution in [0.15, 0.2) is 45.9 Å². The van der Waals surface area contributed by atoms with Crippen molar-refractivity contribution in [1.29, 1.82) is 0 Å². The lowest BCUT2D eigenvalue weighted by Gasteiger charge is -2.09. The van der Waals surface area contributed by atoms with Crippen molar-refractivity contribution in [3.05, 3.63) is 57.6 Å². The summed E-state index contributed by atoms with van der Waals surface area (Å²) in [5.74, 6) is 0.207. The molecule has 2 aromatic rings. The zero-order valence-electron chi connectivity index (χ0n) is 14.7. The fourth-order valence-corrected chi connectivity index (χ4v) is 2.59. The van der Waals surface area contributed by atoms with E-state index < -0.39 is 0 Å². The predicted molar refractivity (Wildman–Crippen MR) is 108 cm³/mol. The van der Waals surface area contributed by atoms with Crippen molar-refractivity contribution < 1.29 is 4.79 Å². The smallest absolute Gasteiger partial charge is 0.226 e. The molecule has 25 heavy (non-hydrogen) atoms. The lowest BCUT2D eigenvalue weighted by molar-refractivity contribution is -0.116. The SMILES string of the molecule is Cc1ccc(NC(N)=NCCC(=O)Nc2cc(Br)ccc2C)cc1C. The zero-order chi connectivity index (χ0) is 18.4. The fourth-order valence-electron chi connectivity index (χ4n) is 2.23. The van der Waals surface area contributed by atoms with E-state index in [1.807, 2.05) is 50.2 Å². The molecule has 5 nitrogen and oxygen atoms in total. The van der Waals surface area contributed by atoms with Crippen LogP contribution in [0.5, 0.6) is 0 Å². The molecule has 6 heteroatoms. The molecule has 132 valence electrons. The summed E-state index contributed by atoms with van der Waals surface area (Å²) in [5.41, 5.74) is 11.0. The highest BCUT2D eigenvalue weighted by molar-refractivity contribution is 9.10. The van der Waals surface area contributed by atoms with E-state index in [-0.39, 0.29) is 12.3 Å². The van der Waals surface area contributed by atoms with E-state index in [0.29, 0.717) is 12.5 Å². The first-order valence-electron chi connectivity index (χ1n) is 8.05. The molecule has 0 aromatic heterocycles. The van der Waals surface area contributed by atoms with Gasteiger partial charge in [-0.25, -0.2) is 0 Å². The lowest BCUT2D eigenvalue weighted by atomic mass is 10.1. The van der Waals surface area contributed by atoms with Gasteiger partial charge in [-0.05, 0) is 61.7 Å². The number of hydrogen-bond acceptors (Lipinski definition) is 2. The third kappa shape index (κ3) is 5.90. The number of nitrogens with one attached hydrogen (secondary N) is 2. The number of aliphatic imine (C=N–C) groups is 1. The first-order chi connectivity index (χ1) is 11.8. The Kier molecular flexibility index (Phi) is 6.58. The van der Waals surface area contributed by atoms with E-state index in [4.69, 9.17) is 5.73 Å². The number of guanidine groups is 1. The molecule has 0 saturated heterocycles. The largest absolute Gasteiger partial charge is 0.370 e. The van der Waals surface area contributed by atoms with Gasteiger partial charge in [0.05, 0.1) is 6.54 Å². The molecule has 0 radical (unpaired) electrons. The van der Waals surface area contributed by atoms with Gasteiger partial charge in [-0.1, -0.05) is 28.1 Å². The number of nitrogens with two attached hydrogens (primary N) is 1. The second kappa shape index (κ2) is 8.67. The number of anilines is 2. The highest BCUT2D eigenvalue weighted by Crippen LogP contribution is 2.20. The van der Waals surface area contributed by atoms with Crippen LogP contribution in [0.2, 0.25) is 0 Å². The Labute approximate surface area is 156 Å². The van der Waals surface area contributed by atoms with Gasteiger partial charge in [0.15, 0.2) is 5.96 Å². The van der Waals surface area contributed by atoms with Crippen LogP contribution in [0.3, 0.4) is 0 Å². The quantitative estimate of drug-likeness (QED) is 0.519. The average molecular weight is 403 g/mol. The van der Waals surface area contributed by atoms with Gasteiger partial charge in [0.2, 0.25) is 5.91 Å². The summed E-state index contributed by atoms with van der Waals surface area (Å²) in [6, 6.07) is 11.8. The maximum Gasteiger partial charge on any atom is 0.226 e. The summed E-state index contributed by atoms with van der Waals surface area (Å²) >= 11 is 3.40. The number of nitrogens with zero attached hydrogens (tertiary/aromatic N) is 1. The fraction of sp³-hybridized carbons (Fsp3) is 0.263. The molecule has 1 amide bonds. The molecule has 0 fully saturated rings. The van der Waals surface area contributed by atoms with Crippen LogP contribution in [0.1, 0.15) is 23.1 Å². The number of carbonyl (C=O) groups is 1. The number of amides is 1. The number of hydrogen-bond donors (Lipinski definition) is 3. The van der Waals surface area contributed by atoms with Crippen LogP contribution in [0.4, 0.5) is 11.4 Å². The van der Waals surface area contributed by atoms with Crippen LogP contribution >= 0.6 is 15.9 Å². The Balaban J connectivity index is 1.85. The van der Waals surface area contributed by atoms with E-state index >= 15 is 0 Å². The Bertz CT molecular complexity index is 802. The zero-order valence-corrected chi connectivity index (χ0v) is 16.3. The molecule has 2 aromatic carbocycles. The van der Waals surface area contributed by atoms with Crippen molar-refractivity contribution in [2.24, 2.45) is 10.7 Å². The van der Waals surface area contributed by atoms with Gasteiger partial charge >= 0.3 is 0 Å². The highest BCUT2D eigenvalue weighted by Gasteiger charge is 2.05. The van der Waals surface area contributed by atoms with E-state index in [1.54, 1.807) is 0 Å². The van der Waals surface area contributed by atoms with Crippen molar-refractivity contribution in [3.63, 3.8) is 0 Å². The van der Waals surface area contributed by atoms with Gasteiger partial charge in [-0.15, -0.1) is 0 Å². The van der Waals surface area contributed by atoms with E-state index in [0.717, 1.165) is 21.4 Å². The Hall–Kier alpha value is -2.34. The normalized spacial score (nSPS) is 11.3. The van der Waals surface area contributed by atoms with Crippen LogP contribution in [-0.2, 0) is 4.79 Å². The summed E-state index contributed by atoms with van der Waals surface area (Å²) in [7, 11) is 0. The van der Waals surface area contributed by atoms with Crippen LogP contribution in [-0.4, -0.2) is 18.4 Å². The number of halogens is 1. The number of aryl methyl sites for hydroxylation is 3. The maximum absolute atomic E-state index is 12.0. The van der Waals surface area contributed by atoms with Crippen molar-refractivity contribution in [1.82, 2.24) is 0 Å². The number of carbonyl (C=O) groups excluding carboxylic acids is 1. The van der Waals surface area contributed by atoms with Crippen LogP contribution < -0.4 is 16.4 Å². The van der Waals surface area contributed by atoms with Crippen molar-refractivity contribution in [2.45, 2.75) is 27.2 Å². The molecule has 4 N–H and O–H groups in total. The van der Waals surface area contributed by atoms with Crippen molar-refractivity contribution in [2.75, 3.05) is 17.2 Å². The molecule has 0 aliphatic rings. The van der Waals surface area contributed by atoms with Crippen LogP contribution in [0, 0.1) is 20.8 Å². The second-order valence-corrected chi connectivity index (χ2v) is 6.86. The monoisotopic (exact) mass is 402 g/mol. The van der Waals surface area contributed by atoms with Gasteiger partial charge in [0.1, 0.15) is 0 Å². The standard InChI is InChI=1S/C19H23BrN4O/c1-12-5-7-16(10-14(12)3)23-19(21)22-9-8-18(25)24-17-11-15(20)6-4-13(17)2/h4-7,10-11H,8-9H2,1-3H3,(H,24,25)(H3,21,22,23). The van der Waals surface area contributed by atoms with Crippen molar-refractivity contribution >= 4 is 39.2 Å². The molecular weight excluding hydrogens is 380 g/mol. The Morgan fingerprint density at radius 3 is 2.48 bits per heavy atom. The minimum atomic E-state index is -0.0936. The molecule has 0 aliphatic heterocycles. The van der Waals surface area contributed by atoms with Gasteiger partial charge in [-0.3, -0.25) is 9.79 Å². The maximum atomic E-state index is 12.0. The first-order valence-corrected chi connectivity index (χ1v) is 8.84. The number of benzene rings is 2.